The van der Waals surface area contributed by atoms with Gasteiger partial charge in [-0.25, -0.2) is 0 Å². The first kappa shape index (κ1) is 14.4. The highest BCUT2D eigenvalue weighted by atomic mass is 79.9. The van der Waals surface area contributed by atoms with Crippen molar-refractivity contribution in [1.82, 2.24) is 4.90 Å². The second kappa shape index (κ2) is 5.02. The molecule has 2 unspecified atom stereocenters. The molecular weight excluding hydrogens is 316 g/mol. The van der Waals surface area contributed by atoms with Crippen LogP contribution in [0.2, 0.25) is 0 Å². The summed E-state index contributed by atoms with van der Waals surface area (Å²) in [5, 5.41) is 8.84. The van der Waals surface area contributed by atoms with Crippen molar-refractivity contribution in [3.05, 3.63) is 0 Å². The minimum Gasteiger partial charge on any atom is -0.330 e. The van der Waals surface area contributed by atoms with Gasteiger partial charge in [-0.2, -0.15) is 5.26 Å². The molecule has 4 aliphatic carbocycles. The van der Waals surface area contributed by atoms with Crippen LogP contribution in [-0.4, -0.2) is 28.2 Å². The lowest BCUT2D eigenvalue weighted by Gasteiger charge is -2.60. The fraction of sp³-hybridized carbons (Fsp3) is 0.875. The van der Waals surface area contributed by atoms with E-state index in [0.29, 0.717) is 17.3 Å². The summed E-state index contributed by atoms with van der Waals surface area (Å²) in [4.78, 5) is 14.2. The highest BCUT2D eigenvalue weighted by Gasteiger charge is 2.57. The van der Waals surface area contributed by atoms with E-state index in [1.807, 2.05) is 6.92 Å². The number of hydrogen-bond acceptors (Lipinski definition) is 2. The van der Waals surface area contributed by atoms with E-state index in [-0.39, 0.29) is 17.9 Å². The predicted molar refractivity (Wildman–Crippen MR) is 81.3 cm³/mol. The summed E-state index contributed by atoms with van der Waals surface area (Å²) in [6.07, 6.45) is 8.24. The molecule has 0 saturated heterocycles. The molecule has 0 aromatic carbocycles. The maximum absolute atomic E-state index is 12.5. The Balaban J connectivity index is 1.74. The van der Waals surface area contributed by atoms with Gasteiger partial charge in [-0.3, -0.25) is 4.79 Å². The molecule has 4 fully saturated rings. The summed E-state index contributed by atoms with van der Waals surface area (Å²) in [6, 6.07) is 2.11. The number of amides is 1. The van der Waals surface area contributed by atoms with Crippen LogP contribution < -0.4 is 0 Å². The summed E-state index contributed by atoms with van der Waals surface area (Å²) in [5.41, 5.74) is 0.216. The van der Waals surface area contributed by atoms with Gasteiger partial charge in [0.15, 0.2) is 0 Å². The van der Waals surface area contributed by atoms with Crippen LogP contribution in [0.4, 0.5) is 0 Å². The fourth-order valence-electron chi connectivity index (χ4n) is 5.44. The number of carbonyl (C=O) groups excluding carboxylic acids is 1. The molecule has 3 nitrogen and oxygen atoms in total. The quantitative estimate of drug-likeness (QED) is 0.581. The zero-order valence-corrected chi connectivity index (χ0v) is 13.8. The lowest BCUT2D eigenvalue weighted by atomic mass is 9.48. The lowest BCUT2D eigenvalue weighted by molar-refractivity contribution is -0.137. The molecule has 2 atom stereocenters. The number of hydrogen-bond donors (Lipinski definition) is 0. The third-order valence-electron chi connectivity index (χ3n) is 5.63. The lowest BCUT2D eigenvalue weighted by Crippen LogP contribution is -2.54. The minimum absolute atomic E-state index is 0.187. The van der Waals surface area contributed by atoms with Crippen molar-refractivity contribution in [2.45, 2.75) is 56.2 Å². The van der Waals surface area contributed by atoms with Gasteiger partial charge in [-0.05, 0) is 62.7 Å². The van der Waals surface area contributed by atoms with Gasteiger partial charge >= 0.3 is 0 Å². The molecule has 4 saturated carbocycles. The zero-order chi connectivity index (χ0) is 14.4. The standard InChI is InChI=1S/C16H23BrN2O/c1-2-19(4-3-18)14(20)10-15-6-12-5-13(7-15)9-16(17,8-12)11-15/h12-13H,2,4-11H2,1H3. The van der Waals surface area contributed by atoms with E-state index in [1.165, 1.54) is 32.1 Å². The summed E-state index contributed by atoms with van der Waals surface area (Å²) in [7, 11) is 0. The van der Waals surface area contributed by atoms with Crippen molar-refractivity contribution in [3.63, 3.8) is 0 Å². The first-order valence-electron chi connectivity index (χ1n) is 7.81. The molecule has 20 heavy (non-hydrogen) atoms. The number of carbonyl (C=O) groups is 1. The minimum atomic E-state index is 0.187. The third kappa shape index (κ3) is 2.50. The smallest absolute Gasteiger partial charge is 0.223 e. The van der Waals surface area contributed by atoms with Crippen LogP contribution in [0.1, 0.15) is 51.9 Å². The molecule has 0 radical (unpaired) electrons. The number of nitrogens with zero attached hydrogens (tertiary/aromatic N) is 2. The van der Waals surface area contributed by atoms with Crippen LogP contribution in [0, 0.1) is 28.6 Å². The number of alkyl halides is 1. The molecule has 0 heterocycles. The van der Waals surface area contributed by atoms with Crippen LogP contribution in [0.3, 0.4) is 0 Å². The Bertz CT molecular complexity index is 442. The molecule has 4 bridgehead atoms. The second-order valence-electron chi connectivity index (χ2n) is 7.35. The van der Waals surface area contributed by atoms with E-state index in [9.17, 15) is 4.79 Å². The Morgan fingerprint density at radius 1 is 1.35 bits per heavy atom. The van der Waals surface area contributed by atoms with Crippen molar-refractivity contribution in [1.29, 1.82) is 5.26 Å². The van der Waals surface area contributed by atoms with E-state index >= 15 is 0 Å². The van der Waals surface area contributed by atoms with Gasteiger partial charge in [-0.15, -0.1) is 0 Å². The molecule has 0 aliphatic heterocycles. The maximum atomic E-state index is 12.5. The number of halogens is 1. The van der Waals surface area contributed by atoms with Gasteiger partial charge in [-0.1, -0.05) is 15.9 Å². The van der Waals surface area contributed by atoms with E-state index in [0.717, 1.165) is 18.3 Å². The van der Waals surface area contributed by atoms with Crippen LogP contribution in [0.15, 0.2) is 0 Å². The SMILES string of the molecule is CCN(CC#N)C(=O)CC12CC3CC(CC(Br)(C3)C1)C2. The van der Waals surface area contributed by atoms with E-state index in [2.05, 4.69) is 22.0 Å². The monoisotopic (exact) mass is 338 g/mol. The summed E-state index contributed by atoms with van der Waals surface area (Å²) < 4.78 is 0.309. The molecule has 4 heteroatoms. The maximum Gasteiger partial charge on any atom is 0.223 e. The Morgan fingerprint density at radius 3 is 2.50 bits per heavy atom. The Kier molecular flexibility index (Phi) is 3.61. The number of nitriles is 1. The van der Waals surface area contributed by atoms with Crippen molar-refractivity contribution in [2.75, 3.05) is 13.1 Å². The molecule has 4 rings (SSSR count). The number of rotatable bonds is 4. The molecular formula is C16H23BrN2O. The first-order chi connectivity index (χ1) is 9.47. The van der Waals surface area contributed by atoms with Gasteiger partial charge in [0.25, 0.3) is 0 Å². The van der Waals surface area contributed by atoms with Gasteiger partial charge < -0.3 is 4.90 Å². The molecule has 4 aliphatic rings. The fourth-order valence-corrected chi connectivity index (χ4v) is 6.95. The Morgan fingerprint density at radius 2 is 2.00 bits per heavy atom. The Hall–Kier alpha value is -0.560. The van der Waals surface area contributed by atoms with Gasteiger partial charge in [0.1, 0.15) is 6.54 Å². The van der Waals surface area contributed by atoms with Crippen LogP contribution in [0.5, 0.6) is 0 Å². The van der Waals surface area contributed by atoms with Crippen molar-refractivity contribution >= 4 is 21.8 Å². The van der Waals surface area contributed by atoms with Crippen LogP contribution in [0.25, 0.3) is 0 Å². The average Bonchev–Trinajstić information content (AvgIpc) is 2.31. The molecule has 0 spiro atoms. The predicted octanol–water partition coefficient (Wildman–Crippen LogP) is 3.48. The highest BCUT2D eigenvalue weighted by Crippen LogP contribution is 2.65. The second-order valence-corrected chi connectivity index (χ2v) is 9.04. The summed E-state index contributed by atoms with van der Waals surface area (Å²) in [5.74, 6) is 1.82. The molecule has 0 N–H and O–H groups in total. The summed E-state index contributed by atoms with van der Waals surface area (Å²) >= 11 is 3.99. The average molecular weight is 339 g/mol. The van der Waals surface area contributed by atoms with E-state index in [1.54, 1.807) is 4.90 Å². The van der Waals surface area contributed by atoms with E-state index in [4.69, 9.17) is 5.26 Å². The van der Waals surface area contributed by atoms with Crippen molar-refractivity contribution in [3.8, 4) is 6.07 Å². The van der Waals surface area contributed by atoms with Gasteiger partial charge in [0, 0.05) is 17.3 Å². The normalized spacial score (nSPS) is 41.5. The zero-order valence-electron chi connectivity index (χ0n) is 12.2. The van der Waals surface area contributed by atoms with Gasteiger partial charge in [0.2, 0.25) is 5.91 Å². The third-order valence-corrected chi connectivity index (χ3v) is 6.56. The van der Waals surface area contributed by atoms with E-state index < -0.39 is 0 Å². The molecule has 0 aromatic heterocycles. The van der Waals surface area contributed by atoms with Gasteiger partial charge in [0.05, 0.1) is 6.07 Å². The first-order valence-corrected chi connectivity index (χ1v) is 8.60. The van der Waals surface area contributed by atoms with Crippen LogP contribution in [-0.2, 0) is 4.79 Å². The topological polar surface area (TPSA) is 44.1 Å². The molecule has 1 amide bonds. The molecule has 110 valence electrons. The summed E-state index contributed by atoms with van der Waals surface area (Å²) in [6.45, 7) is 2.84. The van der Waals surface area contributed by atoms with Crippen molar-refractivity contribution in [2.24, 2.45) is 17.3 Å². The molecule has 0 aromatic rings. The van der Waals surface area contributed by atoms with Crippen molar-refractivity contribution < 1.29 is 4.79 Å². The highest BCUT2D eigenvalue weighted by molar-refractivity contribution is 9.10. The van der Waals surface area contributed by atoms with Crippen LogP contribution >= 0.6 is 15.9 Å². The largest absolute Gasteiger partial charge is 0.330 e. The Labute approximate surface area is 129 Å².